The van der Waals surface area contributed by atoms with Gasteiger partial charge in [0.2, 0.25) is 0 Å². The highest BCUT2D eigenvalue weighted by Crippen LogP contribution is 2.53. The van der Waals surface area contributed by atoms with E-state index in [-0.39, 0.29) is 0 Å². The zero-order valence-electron chi connectivity index (χ0n) is 8.24. The van der Waals surface area contributed by atoms with Crippen LogP contribution in [0.25, 0.3) is 0 Å². The fourth-order valence-corrected chi connectivity index (χ4v) is 1.67. The van der Waals surface area contributed by atoms with Crippen LogP contribution in [0.5, 0.6) is 0 Å². The predicted octanol–water partition coefficient (Wildman–Crippen LogP) is 0.573. The molecule has 84 valence electrons. The Morgan fingerprint density at radius 1 is 1.33 bits per heavy atom. The standard InChI is InChI=1S/C9H14NO4P/c1-9(11,15(12,13)14)8(10)7-5-3-2-4-6-7/h2-6,8,11H,10H2,1H3,(H2,12,13,14). The molecule has 0 bridgehead atoms. The van der Waals surface area contributed by atoms with E-state index in [0.717, 1.165) is 6.92 Å². The molecule has 0 aliphatic rings. The van der Waals surface area contributed by atoms with Gasteiger partial charge in [-0.2, -0.15) is 0 Å². The van der Waals surface area contributed by atoms with Crippen molar-refractivity contribution in [2.24, 2.45) is 5.73 Å². The summed E-state index contributed by atoms with van der Waals surface area (Å²) in [7, 11) is -4.66. The third-order valence-corrected chi connectivity index (χ3v) is 3.80. The summed E-state index contributed by atoms with van der Waals surface area (Å²) in [4.78, 5) is 17.9. The summed E-state index contributed by atoms with van der Waals surface area (Å²) < 4.78 is 11.0. The maximum atomic E-state index is 11.0. The molecule has 1 aromatic carbocycles. The van der Waals surface area contributed by atoms with Crippen LogP contribution >= 0.6 is 7.60 Å². The highest BCUT2D eigenvalue weighted by molar-refractivity contribution is 7.53. The minimum atomic E-state index is -4.66. The Bertz CT molecular complexity index is 373. The zero-order valence-corrected chi connectivity index (χ0v) is 9.13. The van der Waals surface area contributed by atoms with Gasteiger partial charge in [0.1, 0.15) is 0 Å². The van der Waals surface area contributed by atoms with Crippen LogP contribution in [0.4, 0.5) is 0 Å². The lowest BCUT2D eigenvalue weighted by molar-refractivity contribution is 0.0827. The van der Waals surface area contributed by atoms with E-state index in [1.807, 2.05) is 0 Å². The van der Waals surface area contributed by atoms with Gasteiger partial charge in [0.05, 0.1) is 6.04 Å². The summed E-state index contributed by atoms with van der Waals surface area (Å²) in [6, 6.07) is 7.21. The van der Waals surface area contributed by atoms with Crippen LogP contribution in [0.2, 0.25) is 0 Å². The largest absolute Gasteiger partial charge is 0.376 e. The van der Waals surface area contributed by atoms with Gasteiger partial charge in [-0.25, -0.2) is 0 Å². The van der Waals surface area contributed by atoms with Crippen LogP contribution < -0.4 is 5.73 Å². The first-order chi connectivity index (χ1) is 6.77. The summed E-state index contributed by atoms with van der Waals surface area (Å²) in [5.74, 6) is 0. The normalized spacial score (nSPS) is 18.2. The molecule has 0 saturated heterocycles. The maximum absolute atomic E-state index is 11.0. The first kappa shape index (κ1) is 12.4. The summed E-state index contributed by atoms with van der Waals surface area (Å²) in [6.45, 7) is 1.03. The molecule has 0 fully saturated rings. The van der Waals surface area contributed by atoms with Crippen molar-refractivity contribution >= 4 is 7.60 Å². The summed E-state index contributed by atoms with van der Waals surface area (Å²) >= 11 is 0. The van der Waals surface area contributed by atoms with E-state index in [0.29, 0.717) is 5.56 Å². The van der Waals surface area contributed by atoms with Crippen molar-refractivity contribution in [3.05, 3.63) is 35.9 Å². The second-order valence-electron chi connectivity index (χ2n) is 3.53. The second kappa shape index (κ2) is 4.04. The Morgan fingerprint density at radius 3 is 2.20 bits per heavy atom. The molecule has 0 saturated carbocycles. The molecule has 1 aromatic rings. The number of aliphatic hydroxyl groups is 1. The molecule has 15 heavy (non-hydrogen) atoms. The first-order valence-corrected chi connectivity index (χ1v) is 5.96. The Labute approximate surface area is 87.7 Å². The quantitative estimate of drug-likeness (QED) is 0.569. The SMILES string of the molecule is CC(O)(C(N)c1ccccc1)P(=O)(O)O. The van der Waals surface area contributed by atoms with E-state index in [1.54, 1.807) is 30.3 Å². The van der Waals surface area contributed by atoms with Crippen LogP contribution in [-0.4, -0.2) is 20.2 Å². The average molecular weight is 231 g/mol. The maximum Gasteiger partial charge on any atom is 0.358 e. The van der Waals surface area contributed by atoms with Crippen LogP contribution in [-0.2, 0) is 4.57 Å². The van der Waals surface area contributed by atoms with E-state index in [9.17, 15) is 9.67 Å². The summed E-state index contributed by atoms with van der Waals surface area (Å²) in [5, 5.41) is 7.43. The fraction of sp³-hybridized carbons (Fsp3) is 0.333. The lowest BCUT2D eigenvalue weighted by Crippen LogP contribution is -2.38. The van der Waals surface area contributed by atoms with Gasteiger partial charge in [-0.15, -0.1) is 0 Å². The van der Waals surface area contributed by atoms with E-state index in [1.165, 1.54) is 0 Å². The Kier molecular flexibility index (Phi) is 3.33. The molecule has 6 heteroatoms. The fourth-order valence-electron chi connectivity index (χ4n) is 1.16. The summed E-state index contributed by atoms with van der Waals surface area (Å²) in [5.41, 5.74) is 6.09. The molecular formula is C9H14NO4P. The van der Waals surface area contributed by atoms with Gasteiger partial charge in [-0.1, -0.05) is 30.3 Å². The number of benzene rings is 1. The molecule has 5 N–H and O–H groups in total. The van der Waals surface area contributed by atoms with Crippen LogP contribution in [0, 0.1) is 0 Å². The lowest BCUT2D eigenvalue weighted by Gasteiger charge is -2.30. The van der Waals surface area contributed by atoms with Crippen LogP contribution in [0.1, 0.15) is 18.5 Å². The number of rotatable bonds is 3. The zero-order chi connectivity index (χ0) is 11.7. The van der Waals surface area contributed by atoms with Crippen LogP contribution in [0.15, 0.2) is 30.3 Å². The molecule has 5 nitrogen and oxygen atoms in total. The first-order valence-electron chi connectivity index (χ1n) is 4.35. The molecule has 0 radical (unpaired) electrons. The summed E-state index contributed by atoms with van der Waals surface area (Å²) in [6.07, 6.45) is 0. The number of hydrogen-bond donors (Lipinski definition) is 4. The van der Waals surface area contributed by atoms with Crippen molar-refractivity contribution in [3.63, 3.8) is 0 Å². The molecule has 2 unspecified atom stereocenters. The van der Waals surface area contributed by atoms with Gasteiger partial charge in [-0.05, 0) is 12.5 Å². The third kappa shape index (κ3) is 2.45. The van der Waals surface area contributed by atoms with Crippen molar-refractivity contribution in [3.8, 4) is 0 Å². The topological polar surface area (TPSA) is 104 Å². The minimum absolute atomic E-state index is 0.478. The van der Waals surface area contributed by atoms with Crippen LogP contribution in [0.3, 0.4) is 0 Å². The van der Waals surface area contributed by atoms with E-state index < -0.39 is 19.0 Å². The molecule has 0 spiro atoms. The smallest absolute Gasteiger partial charge is 0.358 e. The van der Waals surface area contributed by atoms with Gasteiger partial charge in [-0.3, -0.25) is 4.57 Å². The second-order valence-corrected chi connectivity index (χ2v) is 5.52. The molecule has 0 aliphatic heterocycles. The van der Waals surface area contributed by atoms with Crippen molar-refractivity contribution in [1.82, 2.24) is 0 Å². The lowest BCUT2D eigenvalue weighted by atomic mass is 10.0. The van der Waals surface area contributed by atoms with Gasteiger partial charge in [0.25, 0.3) is 0 Å². The number of nitrogens with two attached hydrogens (primary N) is 1. The van der Waals surface area contributed by atoms with E-state index >= 15 is 0 Å². The van der Waals surface area contributed by atoms with Gasteiger partial charge >= 0.3 is 7.60 Å². The predicted molar refractivity (Wildman–Crippen MR) is 56.0 cm³/mol. The van der Waals surface area contributed by atoms with Crippen molar-refractivity contribution in [2.45, 2.75) is 18.3 Å². The highest BCUT2D eigenvalue weighted by Gasteiger charge is 2.46. The minimum Gasteiger partial charge on any atom is -0.376 e. The Morgan fingerprint density at radius 2 is 1.80 bits per heavy atom. The molecule has 1 rings (SSSR count). The van der Waals surface area contributed by atoms with Crippen molar-refractivity contribution in [2.75, 3.05) is 0 Å². The molecule has 2 atom stereocenters. The van der Waals surface area contributed by atoms with Gasteiger partial charge in [0.15, 0.2) is 5.34 Å². The van der Waals surface area contributed by atoms with Gasteiger partial charge in [0, 0.05) is 0 Å². The van der Waals surface area contributed by atoms with Crippen molar-refractivity contribution in [1.29, 1.82) is 0 Å². The van der Waals surface area contributed by atoms with Gasteiger partial charge < -0.3 is 20.6 Å². The monoisotopic (exact) mass is 231 g/mol. The molecule has 0 aromatic heterocycles. The molecule has 0 amide bonds. The number of hydrogen-bond acceptors (Lipinski definition) is 3. The average Bonchev–Trinajstić information content (AvgIpc) is 2.16. The van der Waals surface area contributed by atoms with E-state index in [2.05, 4.69) is 0 Å². The molecule has 0 aliphatic carbocycles. The Balaban J connectivity index is 3.05. The molecular weight excluding hydrogens is 217 g/mol. The third-order valence-electron chi connectivity index (χ3n) is 2.34. The molecule has 0 heterocycles. The highest BCUT2D eigenvalue weighted by atomic mass is 31.2. The van der Waals surface area contributed by atoms with E-state index in [4.69, 9.17) is 15.5 Å². The van der Waals surface area contributed by atoms with Crippen molar-refractivity contribution < 1.29 is 19.5 Å². The Hall–Kier alpha value is -0.710.